The van der Waals surface area contributed by atoms with Gasteiger partial charge in [-0.1, -0.05) is 0 Å². The van der Waals surface area contributed by atoms with Crippen molar-refractivity contribution in [3.8, 4) is 0 Å². The third-order valence-corrected chi connectivity index (χ3v) is 3.45. The summed E-state index contributed by atoms with van der Waals surface area (Å²) in [5.74, 6) is 1.59. The Kier molecular flexibility index (Phi) is 4.60. The summed E-state index contributed by atoms with van der Waals surface area (Å²) in [5.41, 5.74) is 0.574. The zero-order valence-electron chi connectivity index (χ0n) is 11.8. The second kappa shape index (κ2) is 6.22. The Bertz CT molecular complexity index is 590. The van der Waals surface area contributed by atoms with Gasteiger partial charge in [-0.05, 0) is 61.0 Å². The summed E-state index contributed by atoms with van der Waals surface area (Å²) >= 11 is 3.27. The third kappa shape index (κ3) is 3.48. The Morgan fingerprint density at radius 2 is 2.10 bits per heavy atom. The van der Waals surface area contributed by atoms with E-state index in [1.54, 1.807) is 23.2 Å². The van der Waals surface area contributed by atoms with Crippen LogP contribution in [-0.2, 0) is 6.54 Å². The molecule has 0 radical (unpaired) electrons. The van der Waals surface area contributed by atoms with Crippen molar-refractivity contribution in [2.75, 3.05) is 0 Å². The van der Waals surface area contributed by atoms with Crippen LogP contribution in [-0.4, -0.2) is 21.8 Å². The van der Waals surface area contributed by atoms with Crippen LogP contribution in [0.3, 0.4) is 0 Å². The smallest absolute Gasteiger partial charge is 0.256 e. The SMILES string of the molecule is Cc1ccc(CN(C(=O)c2ccc(Br)nc2)C(C)C)o1. The molecule has 2 aromatic heterocycles. The molecule has 0 aliphatic carbocycles. The van der Waals surface area contributed by atoms with E-state index in [-0.39, 0.29) is 11.9 Å². The summed E-state index contributed by atoms with van der Waals surface area (Å²) in [6, 6.07) is 7.42. The Hall–Kier alpha value is -1.62. The number of pyridine rings is 1. The van der Waals surface area contributed by atoms with Crippen molar-refractivity contribution in [1.29, 1.82) is 0 Å². The van der Waals surface area contributed by atoms with Gasteiger partial charge in [0.15, 0.2) is 0 Å². The number of hydrogen-bond donors (Lipinski definition) is 0. The lowest BCUT2D eigenvalue weighted by molar-refractivity contribution is 0.0675. The minimum absolute atomic E-state index is 0.0472. The molecule has 0 aromatic carbocycles. The Morgan fingerprint density at radius 1 is 1.35 bits per heavy atom. The lowest BCUT2D eigenvalue weighted by Crippen LogP contribution is -2.36. The van der Waals surface area contributed by atoms with E-state index in [1.807, 2.05) is 32.9 Å². The molecule has 0 bridgehead atoms. The van der Waals surface area contributed by atoms with E-state index < -0.39 is 0 Å². The first kappa shape index (κ1) is 14.8. The first-order valence-electron chi connectivity index (χ1n) is 6.45. The highest BCUT2D eigenvalue weighted by Crippen LogP contribution is 2.16. The highest BCUT2D eigenvalue weighted by atomic mass is 79.9. The maximum atomic E-state index is 12.5. The van der Waals surface area contributed by atoms with E-state index in [1.165, 1.54) is 0 Å². The van der Waals surface area contributed by atoms with E-state index in [9.17, 15) is 4.79 Å². The van der Waals surface area contributed by atoms with Gasteiger partial charge in [-0.15, -0.1) is 0 Å². The van der Waals surface area contributed by atoms with Crippen molar-refractivity contribution in [1.82, 2.24) is 9.88 Å². The van der Waals surface area contributed by atoms with Crippen LogP contribution in [0.15, 0.2) is 39.5 Å². The van der Waals surface area contributed by atoms with Gasteiger partial charge in [0.1, 0.15) is 16.1 Å². The normalized spacial score (nSPS) is 10.8. The lowest BCUT2D eigenvalue weighted by Gasteiger charge is -2.25. The van der Waals surface area contributed by atoms with Crippen LogP contribution in [0.25, 0.3) is 0 Å². The summed E-state index contributed by atoms with van der Waals surface area (Å²) in [6.07, 6.45) is 1.58. The van der Waals surface area contributed by atoms with Gasteiger partial charge in [0.25, 0.3) is 5.91 Å². The summed E-state index contributed by atoms with van der Waals surface area (Å²) < 4.78 is 6.27. The molecular formula is C15H17BrN2O2. The van der Waals surface area contributed by atoms with Crippen LogP contribution in [0.4, 0.5) is 0 Å². The minimum Gasteiger partial charge on any atom is -0.464 e. The van der Waals surface area contributed by atoms with Crippen molar-refractivity contribution in [3.05, 3.63) is 52.1 Å². The molecule has 20 heavy (non-hydrogen) atoms. The monoisotopic (exact) mass is 336 g/mol. The van der Waals surface area contributed by atoms with Crippen LogP contribution in [0.2, 0.25) is 0 Å². The topological polar surface area (TPSA) is 46.3 Å². The average molecular weight is 337 g/mol. The molecule has 1 amide bonds. The van der Waals surface area contributed by atoms with Crippen LogP contribution in [0.5, 0.6) is 0 Å². The molecule has 0 saturated carbocycles. The number of furan rings is 1. The molecule has 4 nitrogen and oxygen atoms in total. The number of aromatic nitrogens is 1. The number of hydrogen-bond acceptors (Lipinski definition) is 3. The zero-order chi connectivity index (χ0) is 14.7. The maximum absolute atomic E-state index is 12.5. The van der Waals surface area contributed by atoms with E-state index in [4.69, 9.17) is 4.42 Å². The summed E-state index contributed by atoms with van der Waals surface area (Å²) in [5, 5.41) is 0. The fraction of sp³-hybridized carbons (Fsp3) is 0.333. The van der Waals surface area contributed by atoms with Crippen LogP contribution < -0.4 is 0 Å². The second-order valence-electron chi connectivity index (χ2n) is 4.91. The van der Waals surface area contributed by atoms with Gasteiger partial charge in [-0.3, -0.25) is 4.79 Å². The molecule has 106 valence electrons. The van der Waals surface area contributed by atoms with Crippen LogP contribution >= 0.6 is 15.9 Å². The fourth-order valence-corrected chi connectivity index (χ4v) is 2.13. The van der Waals surface area contributed by atoms with Crippen molar-refractivity contribution < 1.29 is 9.21 Å². The first-order valence-corrected chi connectivity index (χ1v) is 7.24. The number of nitrogens with zero attached hydrogens (tertiary/aromatic N) is 2. The molecule has 0 spiro atoms. The molecule has 2 rings (SSSR count). The zero-order valence-corrected chi connectivity index (χ0v) is 13.3. The molecule has 0 saturated heterocycles. The molecule has 0 aliphatic heterocycles. The predicted octanol–water partition coefficient (Wildman–Crippen LogP) is 3.80. The van der Waals surface area contributed by atoms with E-state index in [2.05, 4.69) is 20.9 Å². The van der Waals surface area contributed by atoms with Gasteiger partial charge in [0.2, 0.25) is 0 Å². The quantitative estimate of drug-likeness (QED) is 0.798. The number of carbonyl (C=O) groups is 1. The van der Waals surface area contributed by atoms with Gasteiger partial charge in [-0.2, -0.15) is 0 Å². The molecule has 0 unspecified atom stereocenters. The highest BCUT2D eigenvalue weighted by molar-refractivity contribution is 9.10. The van der Waals surface area contributed by atoms with Crippen LogP contribution in [0, 0.1) is 6.92 Å². The number of carbonyl (C=O) groups excluding carboxylic acids is 1. The van der Waals surface area contributed by atoms with Crippen molar-refractivity contribution in [3.63, 3.8) is 0 Å². The summed E-state index contributed by atoms with van der Waals surface area (Å²) in [7, 11) is 0. The molecular weight excluding hydrogens is 320 g/mol. The van der Waals surface area contributed by atoms with Gasteiger partial charge < -0.3 is 9.32 Å². The molecule has 0 atom stereocenters. The minimum atomic E-state index is -0.0472. The molecule has 0 fully saturated rings. The molecule has 2 aromatic rings. The summed E-state index contributed by atoms with van der Waals surface area (Å²) in [6.45, 7) is 6.32. The average Bonchev–Trinajstić information content (AvgIpc) is 2.81. The predicted molar refractivity (Wildman–Crippen MR) is 80.4 cm³/mol. The standard InChI is InChI=1S/C15H17BrN2O2/c1-10(2)18(9-13-6-4-11(3)20-13)15(19)12-5-7-14(16)17-8-12/h4-8,10H,9H2,1-3H3. The largest absolute Gasteiger partial charge is 0.464 e. The first-order chi connectivity index (χ1) is 9.47. The Labute approximate surface area is 126 Å². The van der Waals surface area contributed by atoms with Crippen molar-refractivity contribution in [2.45, 2.75) is 33.4 Å². The number of aryl methyl sites for hydroxylation is 1. The van der Waals surface area contributed by atoms with E-state index >= 15 is 0 Å². The van der Waals surface area contributed by atoms with Crippen LogP contribution in [0.1, 0.15) is 35.7 Å². The highest BCUT2D eigenvalue weighted by Gasteiger charge is 2.20. The Balaban J connectivity index is 2.19. The van der Waals surface area contributed by atoms with Crippen molar-refractivity contribution in [2.24, 2.45) is 0 Å². The third-order valence-electron chi connectivity index (χ3n) is 2.98. The van der Waals surface area contributed by atoms with Gasteiger partial charge in [-0.25, -0.2) is 4.98 Å². The van der Waals surface area contributed by atoms with Gasteiger partial charge >= 0.3 is 0 Å². The lowest BCUT2D eigenvalue weighted by atomic mass is 10.2. The molecule has 0 N–H and O–H groups in total. The fourth-order valence-electron chi connectivity index (χ4n) is 1.90. The van der Waals surface area contributed by atoms with Crippen molar-refractivity contribution >= 4 is 21.8 Å². The summed E-state index contributed by atoms with van der Waals surface area (Å²) in [4.78, 5) is 18.4. The number of amides is 1. The molecule has 0 aliphatic rings. The van der Waals surface area contributed by atoms with Gasteiger partial charge in [0, 0.05) is 12.2 Å². The maximum Gasteiger partial charge on any atom is 0.256 e. The number of rotatable bonds is 4. The van der Waals surface area contributed by atoms with E-state index in [0.29, 0.717) is 16.7 Å². The second-order valence-corrected chi connectivity index (χ2v) is 5.72. The van der Waals surface area contributed by atoms with Gasteiger partial charge in [0.05, 0.1) is 12.1 Å². The molecule has 5 heteroatoms. The number of halogens is 1. The van der Waals surface area contributed by atoms with E-state index in [0.717, 1.165) is 11.5 Å². The molecule has 2 heterocycles. The Morgan fingerprint density at radius 3 is 2.60 bits per heavy atom.